The Hall–Kier alpha value is 0.180. The van der Waals surface area contributed by atoms with Crippen LogP contribution in [-0.2, 0) is 25.8 Å². The number of hydrogen-bond acceptors (Lipinski definition) is 0. The van der Waals surface area contributed by atoms with Gasteiger partial charge in [-0.1, -0.05) is 0 Å². The fraction of sp³-hybridized carbons (Fsp3) is 0.286. The first-order chi connectivity index (χ1) is 3.91. The normalized spacial score (nSPS) is 6.44. The van der Waals surface area contributed by atoms with Crippen molar-refractivity contribution in [3.63, 3.8) is 0 Å². The van der Waals surface area contributed by atoms with E-state index in [-0.39, 0.29) is 25.8 Å². The molecule has 9 heavy (non-hydrogen) atoms. The minimum absolute atomic E-state index is 0. The molecule has 1 aromatic carbocycles. The molecule has 0 unspecified atom stereocenters. The summed E-state index contributed by atoms with van der Waals surface area (Å²) < 4.78 is 0. The molecule has 0 N–H and O–H groups in total. The van der Waals surface area contributed by atoms with Gasteiger partial charge in [-0.3, -0.25) is 0 Å². The Bertz CT molecular complexity index is 75.8. The Morgan fingerprint density at radius 2 is 1.44 bits per heavy atom. The van der Waals surface area contributed by atoms with E-state index in [9.17, 15) is 0 Å². The topological polar surface area (TPSA) is 14.1 Å². The van der Waals surface area contributed by atoms with Crippen LogP contribution in [0.2, 0.25) is 0 Å². The van der Waals surface area contributed by atoms with E-state index >= 15 is 0 Å². The average molecular weight is 288 g/mol. The molecule has 0 saturated carbocycles. The number of rotatable bonds is 0. The molecule has 0 bridgehead atoms. The Labute approximate surface area is 75.6 Å². The zero-order valence-corrected chi connectivity index (χ0v) is 9.43. The third kappa shape index (κ3) is 11.6. The van der Waals surface area contributed by atoms with Gasteiger partial charge in [0.25, 0.3) is 0 Å². The summed E-state index contributed by atoms with van der Waals surface area (Å²) in [7, 11) is 3.50. The maximum Gasteiger partial charge on any atom is 0 e. The summed E-state index contributed by atoms with van der Waals surface area (Å²) in [4.78, 5) is 0. The molecule has 0 atom stereocenters. The quantitative estimate of drug-likeness (QED) is 0.512. The van der Waals surface area contributed by atoms with E-state index in [2.05, 4.69) is 5.32 Å². The van der Waals surface area contributed by atoms with E-state index in [0.717, 1.165) is 0 Å². The molecule has 50 valence electrons. The average Bonchev–Trinajstić information content (AvgIpc) is 2.17. The van der Waals surface area contributed by atoms with Crippen molar-refractivity contribution < 1.29 is 25.8 Å². The molecule has 0 radical (unpaired) electrons. The SMILES string of the molecule is C[N-]C.[Hf].c1cc[cH-]c1. The van der Waals surface area contributed by atoms with E-state index in [1.54, 1.807) is 14.1 Å². The van der Waals surface area contributed by atoms with Crippen LogP contribution >= 0.6 is 0 Å². The van der Waals surface area contributed by atoms with E-state index in [0.29, 0.717) is 0 Å². The Morgan fingerprint density at radius 1 is 1.11 bits per heavy atom. The van der Waals surface area contributed by atoms with Gasteiger partial charge in [0.05, 0.1) is 0 Å². The van der Waals surface area contributed by atoms with Crippen molar-refractivity contribution in [3.05, 3.63) is 35.6 Å². The molecule has 1 nitrogen and oxygen atoms in total. The van der Waals surface area contributed by atoms with Gasteiger partial charge in [0.15, 0.2) is 0 Å². The molecule has 0 amide bonds. The van der Waals surface area contributed by atoms with Crippen LogP contribution in [0.4, 0.5) is 0 Å². The first-order valence-corrected chi connectivity index (χ1v) is 2.56. The predicted octanol–water partition coefficient (Wildman–Crippen LogP) is 2.02. The molecule has 0 heterocycles. The van der Waals surface area contributed by atoms with Gasteiger partial charge in [-0.05, 0) is 0 Å². The monoisotopic (exact) mass is 289 g/mol. The van der Waals surface area contributed by atoms with Crippen molar-refractivity contribution in [1.29, 1.82) is 0 Å². The second kappa shape index (κ2) is 11.0. The summed E-state index contributed by atoms with van der Waals surface area (Å²) in [6.07, 6.45) is 0. The van der Waals surface area contributed by atoms with Gasteiger partial charge >= 0.3 is 0 Å². The van der Waals surface area contributed by atoms with Crippen molar-refractivity contribution in [2.75, 3.05) is 14.1 Å². The third-order valence-electron chi connectivity index (χ3n) is 0.556. The van der Waals surface area contributed by atoms with E-state index in [4.69, 9.17) is 0 Å². The summed E-state index contributed by atoms with van der Waals surface area (Å²) >= 11 is 0. The molecule has 0 fully saturated rings. The van der Waals surface area contributed by atoms with Crippen molar-refractivity contribution in [2.24, 2.45) is 0 Å². The van der Waals surface area contributed by atoms with E-state index < -0.39 is 0 Å². The molecular formula is C7H11HfN-2. The van der Waals surface area contributed by atoms with Crippen LogP contribution in [0.25, 0.3) is 5.32 Å². The Morgan fingerprint density at radius 3 is 1.56 bits per heavy atom. The first-order valence-electron chi connectivity index (χ1n) is 2.56. The van der Waals surface area contributed by atoms with Gasteiger partial charge < -0.3 is 5.32 Å². The van der Waals surface area contributed by atoms with Gasteiger partial charge in [-0.2, -0.15) is 32.3 Å². The van der Waals surface area contributed by atoms with Gasteiger partial charge in [0.2, 0.25) is 0 Å². The van der Waals surface area contributed by atoms with E-state index in [1.807, 2.05) is 30.3 Å². The molecule has 1 rings (SSSR count). The van der Waals surface area contributed by atoms with E-state index in [1.165, 1.54) is 0 Å². The fourth-order valence-corrected chi connectivity index (χ4v) is 0.321. The molecule has 0 spiro atoms. The molecule has 2 heteroatoms. The third-order valence-corrected chi connectivity index (χ3v) is 0.556. The molecule has 0 aliphatic carbocycles. The van der Waals surface area contributed by atoms with Crippen LogP contribution in [-0.4, -0.2) is 14.1 Å². The van der Waals surface area contributed by atoms with Gasteiger partial charge in [-0.15, -0.1) is 0 Å². The fourth-order valence-electron chi connectivity index (χ4n) is 0.321. The van der Waals surface area contributed by atoms with Crippen molar-refractivity contribution in [3.8, 4) is 0 Å². The van der Waals surface area contributed by atoms with Crippen LogP contribution in [0.5, 0.6) is 0 Å². The molecule has 1 aromatic rings. The molecule has 0 saturated heterocycles. The molecule has 0 aliphatic heterocycles. The van der Waals surface area contributed by atoms with Crippen LogP contribution in [0, 0.1) is 0 Å². The first kappa shape index (κ1) is 11.9. The second-order valence-electron chi connectivity index (χ2n) is 1.41. The zero-order valence-electron chi connectivity index (χ0n) is 5.83. The maximum absolute atomic E-state index is 3.50. The maximum atomic E-state index is 3.50. The number of hydrogen-bond donors (Lipinski definition) is 0. The Kier molecular flexibility index (Phi) is 14.6. The van der Waals surface area contributed by atoms with Crippen LogP contribution < -0.4 is 0 Å². The smallest absolute Gasteiger partial charge is 0 e. The summed E-state index contributed by atoms with van der Waals surface area (Å²) in [5, 5.41) is 3.50. The van der Waals surface area contributed by atoms with Crippen LogP contribution in [0.1, 0.15) is 0 Å². The second-order valence-corrected chi connectivity index (χ2v) is 1.41. The summed E-state index contributed by atoms with van der Waals surface area (Å²) in [6, 6.07) is 10.0. The Balaban J connectivity index is 0. The largest absolute Gasteiger partial charge is 0.668 e. The summed E-state index contributed by atoms with van der Waals surface area (Å²) in [5.74, 6) is 0. The molecule has 0 aliphatic rings. The minimum Gasteiger partial charge on any atom is -0.668 e. The number of nitrogens with zero attached hydrogens (tertiary/aromatic N) is 1. The summed E-state index contributed by atoms with van der Waals surface area (Å²) in [5.41, 5.74) is 0. The predicted molar refractivity (Wildman–Crippen MR) is 37.2 cm³/mol. The van der Waals surface area contributed by atoms with Gasteiger partial charge in [0.1, 0.15) is 0 Å². The van der Waals surface area contributed by atoms with Gasteiger partial charge in [-0.25, -0.2) is 12.1 Å². The van der Waals surface area contributed by atoms with Crippen molar-refractivity contribution >= 4 is 0 Å². The summed E-state index contributed by atoms with van der Waals surface area (Å²) in [6.45, 7) is 0. The minimum atomic E-state index is 0. The standard InChI is InChI=1S/C5H5.C2H6N.Hf/c1-2-4-5-3-1;1-3-2;/h1-5H;1-2H3;/q2*-1;. The van der Waals surface area contributed by atoms with Crippen LogP contribution in [0.15, 0.2) is 30.3 Å². The molecule has 0 aromatic heterocycles. The van der Waals surface area contributed by atoms with Gasteiger partial charge in [0, 0.05) is 25.8 Å². The van der Waals surface area contributed by atoms with Crippen molar-refractivity contribution in [2.45, 2.75) is 0 Å². The van der Waals surface area contributed by atoms with Crippen molar-refractivity contribution in [1.82, 2.24) is 0 Å². The van der Waals surface area contributed by atoms with Crippen LogP contribution in [0.3, 0.4) is 0 Å². The molecular weight excluding hydrogens is 277 g/mol. The zero-order chi connectivity index (χ0) is 6.24.